The number of carbonyl (C=O) groups is 3. The van der Waals surface area contributed by atoms with E-state index in [2.05, 4.69) is 5.32 Å². The lowest BCUT2D eigenvalue weighted by atomic mass is 10.2. The van der Waals surface area contributed by atoms with Gasteiger partial charge in [0.15, 0.2) is 0 Å². The standard InChI is InChI=1S/C14H23N3O3/c1-2-7-11-13(19)17(14(20)15-11)10-12(18)16-8-5-3-4-6-9-16/h11H,2-10H2,1H3,(H,15,20). The van der Waals surface area contributed by atoms with E-state index in [9.17, 15) is 14.4 Å². The van der Waals surface area contributed by atoms with E-state index in [4.69, 9.17) is 0 Å². The number of amides is 4. The fraction of sp³-hybridized carbons (Fsp3) is 0.786. The first-order valence-electron chi connectivity index (χ1n) is 7.53. The normalized spacial score (nSPS) is 23.8. The second-order valence-electron chi connectivity index (χ2n) is 5.51. The molecule has 2 rings (SSSR count). The molecular weight excluding hydrogens is 258 g/mol. The number of rotatable bonds is 4. The highest BCUT2D eigenvalue weighted by molar-refractivity contribution is 6.06. The van der Waals surface area contributed by atoms with Gasteiger partial charge in [0.1, 0.15) is 12.6 Å². The van der Waals surface area contributed by atoms with Gasteiger partial charge in [-0.3, -0.25) is 14.5 Å². The Bertz CT molecular complexity index is 389. The van der Waals surface area contributed by atoms with Crippen molar-refractivity contribution >= 4 is 17.8 Å². The average molecular weight is 281 g/mol. The molecule has 0 radical (unpaired) electrons. The maximum Gasteiger partial charge on any atom is 0.325 e. The summed E-state index contributed by atoms with van der Waals surface area (Å²) in [7, 11) is 0. The second-order valence-corrected chi connectivity index (χ2v) is 5.51. The number of urea groups is 1. The molecule has 0 aliphatic carbocycles. The van der Waals surface area contributed by atoms with Gasteiger partial charge in [-0.15, -0.1) is 0 Å². The van der Waals surface area contributed by atoms with Crippen LogP contribution in [-0.2, 0) is 9.59 Å². The third kappa shape index (κ3) is 3.29. The molecular formula is C14H23N3O3. The van der Waals surface area contributed by atoms with Crippen LogP contribution in [0.5, 0.6) is 0 Å². The van der Waals surface area contributed by atoms with Crippen molar-refractivity contribution in [1.82, 2.24) is 15.1 Å². The predicted octanol–water partition coefficient (Wildman–Crippen LogP) is 1.11. The van der Waals surface area contributed by atoms with Crippen LogP contribution < -0.4 is 5.32 Å². The van der Waals surface area contributed by atoms with Gasteiger partial charge < -0.3 is 10.2 Å². The number of nitrogens with one attached hydrogen (secondary N) is 1. The Kier molecular flexibility index (Phi) is 4.98. The molecule has 0 saturated carbocycles. The smallest absolute Gasteiger partial charge is 0.325 e. The first-order chi connectivity index (χ1) is 9.63. The monoisotopic (exact) mass is 281 g/mol. The SMILES string of the molecule is CCCC1NC(=O)N(CC(=O)N2CCCCCC2)C1=O. The summed E-state index contributed by atoms with van der Waals surface area (Å²) >= 11 is 0. The Hall–Kier alpha value is -1.59. The van der Waals surface area contributed by atoms with E-state index in [-0.39, 0.29) is 18.4 Å². The molecule has 0 bridgehead atoms. The average Bonchev–Trinajstić information content (AvgIpc) is 2.67. The summed E-state index contributed by atoms with van der Waals surface area (Å²) in [6.45, 7) is 3.32. The van der Waals surface area contributed by atoms with E-state index < -0.39 is 12.1 Å². The van der Waals surface area contributed by atoms with E-state index in [0.29, 0.717) is 6.42 Å². The summed E-state index contributed by atoms with van der Waals surface area (Å²) in [5.74, 6) is -0.382. The lowest BCUT2D eigenvalue weighted by Gasteiger charge is -2.22. The maximum absolute atomic E-state index is 12.2. The fourth-order valence-electron chi connectivity index (χ4n) is 2.77. The first-order valence-corrected chi connectivity index (χ1v) is 7.53. The highest BCUT2D eigenvalue weighted by Gasteiger charge is 2.38. The lowest BCUT2D eigenvalue weighted by Crippen LogP contribution is -2.43. The van der Waals surface area contributed by atoms with Crippen molar-refractivity contribution in [2.24, 2.45) is 0 Å². The van der Waals surface area contributed by atoms with E-state index >= 15 is 0 Å². The first kappa shape index (κ1) is 14.8. The van der Waals surface area contributed by atoms with Crippen LogP contribution in [0.2, 0.25) is 0 Å². The van der Waals surface area contributed by atoms with Crippen LogP contribution in [0.25, 0.3) is 0 Å². The third-order valence-electron chi connectivity index (χ3n) is 3.94. The minimum atomic E-state index is -0.454. The van der Waals surface area contributed by atoms with E-state index in [1.54, 1.807) is 4.90 Å². The van der Waals surface area contributed by atoms with Crippen molar-refractivity contribution in [2.45, 2.75) is 51.5 Å². The predicted molar refractivity (Wildman–Crippen MR) is 74.0 cm³/mol. The Balaban J connectivity index is 1.93. The number of imide groups is 1. The zero-order valence-electron chi connectivity index (χ0n) is 12.1. The van der Waals surface area contributed by atoms with E-state index in [1.165, 1.54) is 0 Å². The fourth-order valence-corrected chi connectivity index (χ4v) is 2.77. The zero-order chi connectivity index (χ0) is 14.5. The van der Waals surface area contributed by atoms with Gasteiger partial charge in [-0.25, -0.2) is 4.79 Å². The Labute approximate surface area is 119 Å². The zero-order valence-corrected chi connectivity index (χ0v) is 12.1. The van der Waals surface area contributed by atoms with Crippen LogP contribution in [0.4, 0.5) is 4.79 Å². The number of nitrogens with zero attached hydrogens (tertiary/aromatic N) is 2. The van der Waals surface area contributed by atoms with Crippen molar-refractivity contribution in [3.05, 3.63) is 0 Å². The van der Waals surface area contributed by atoms with Crippen molar-refractivity contribution in [2.75, 3.05) is 19.6 Å². The molecule has 2 aliphatic heterocycles. The molecule has 1 atom stereocenters. The quantitative estimate of drug-likeness (QED) is 0.785. The van der Waals surface area contributed by atoms with Crippen molar-refractivity contribution in [3.8, 4) is 0 Å². The number of hydrogen-bond donors (Lipinski definition) is 1. The topological polar surface area (TPSA) is 69.7 Å². The molecule has 2 heterocycles. The van der Waals surface area contributed by atoms with Gasteiger partial charge in [0.05, 0.1) is 0 Å². The van der Waals surface area contributed by atoms with Gasteiger partial charge in [-0.2, -0.15) is 0 Å². The molecule has 0 spiro atoms. The van der Waals surface area contributed by atoms with Gasteiger partial charge in [0.25, 0.3) is 5.91 Å². The van der Waals surface area contributed by atoms with E-state index in [0.717, 1.165) is 50.1 Å². The minimum Gasteiger partial charge on any atom is -0.341 e. The molecule has 20 heavy (non-hydrogen) atoms. The van der Waals surface area contributed by atoms with Crippen LogP contribution >= 0.6 is 0 Å². The molecule has 4 amide bonds. The van der Waals surface area contributed by atoms with E-state index in [1.807, 2.05) is 6.92 Å². The summed E-state index contributed by atoms with van der Waals surface area (Å²) in [6.07, 6.45) is 5.75. The Morgan fingerprint density at radius 2 is 1.85 bits per heavy atom. The summed E-state index contributed by atoms with van der Waals surface area (Å²) < 4.78 is 0. The molecule has 6 nitrogen and oxygen atoms in total. The summed E-state index contributed by atoms with van der Waals surface area (Å²) in [4.78, 5) is 38.9. The van der Waals surface area contributed by atoms with Crippen LogP contribution in [-0.4, -0.2) is 53.3 Å². The Morgan fingerprint density at radius 1 is 1.20 bits per heavy atom. The highest BCUT2D eigenvalue weighted by Crippen LogP contribution is 2.13. The molecule has 0 aromatic rings. The molecule has 2 fully saturated rings. The third-order valence-corrected chi connectivity index (χ3v) is 3.94. The minimum absolute atomic E-state index is 0.118. The largest absolute Gasteiger partial charge is 0.341 e. The summed E-state index contributed by atoms with van der Waals surface area (Å²) in [5, 5.41) is 2.64. The van der Waals surface area contributed by atoms with Crippen molar-refractivity contribution in [1.29, 1.82) is 0 Å². The second kappa shape index (κ2) is 6.72. The number of hydrogen-bond acceptors (Lipinski definition) is 3. The van der Waals surface area contributed by atoms with Gasteiger partial charge in [0, 0.05) is 13.1 Å². The Morgan fingerprint density at radius 3 is 2.45 bits per heavy atom. The maximum atomic E-state index is 12.2. The number of likely N-dealkylation sites (tertiary alicyclic amines) is 1. The lowest BCUT2D eigenvalue weighted by molar-refractivity contribution is -0.137. The van der Waals surface area contributed by atoms with Crippen LogP contribution in [0.1, 0.15) is 45.4 Å². The van der Waals surface area contributed by atoms with Crippen molar-refractivity contribution in [3.63, 3.8) is 0 Å². The van der Waals surface area contributed by atoms with Crippen molar-refractivity contribution < 1.29 is 14.4 Å². The molecule has 0 aromatic carbocycles. The molecule has 1 unspecified atom stereocenters. The van der Waals surface area contributed by atoms with Gasteiger partial charge in [-0.1, -0.05) is 26.2 Å². The molecule has 1 N–H and O–H groups in total. The molecule has 6 heteroatoms. The van der Waals surface area contributed by atoms with Crippen LogP contribution in [0, 0.1) is 0 Å². The van der Waals surface area contributed by atoms with Gasteiger partial charge in [-0.05, 0) is 19.3 Å². The van der Waals surface area contributed by atoms with Gasteiger partial charge >= 0.3 is 6.03 Å². The molecule has 0 aromatic heterocycles. The molecule has 2 aliphatic rings. The summed E-state index contributed by atoms with van der Waals surface area (Å²) in [6, 6.07) is -0.888. The number of carbonyl (C=O) groups excluding carboxylic acids is 3. The van der Waals surface area contributed by atoms with Gasteiger partial charge in [0.2, 0.25) is 5.91 Å². The molecule has 2 saturated heterocycles. The summed E-state index contributed by atoms with van der Waals surface area (Å²) in [5.41, 5.74) is 0. The highest BCUT2D eigenvalue weighted by atomic mass is 16.2. The van der Waals surface area contributed by atoms with Crippen LogP contribution in [0.15, 0.2) is 0 Å². The van der Waals surface area contributed by atoms with Crippen LogP contribution in [0.3, 0.4) is 0 Å². The molecule has 112 valence electrons.